The minimum Gasteiger partial charge on any atom is -0.369 e. The molecule has 1 aliphatic rings. The zero-order valence-corrected chi connectivity index (χ0v) is 11.2. The molecular formula is C14H18N2O3. The Balaban J connectivity index is 2.31. The van der Waals surface area contributed by atoms with E-state index in [1.165, 1.54) is 6.07 Å². The van der Waals surface area contributed by atoms with Gasteiger partial charge in [0.25, 0.3) is 5.69 Å². The van der Waals surface area contributed by atoms with Crippen LogP contribution >= 0.6 is 0 Å². The lowest BCUT2D eigenvalue weighted by Crippen LogP contribution is -2.40. The second-order valence-corrected chi connectivity index (χ2v) is 5.29. The largest absolute Gasteiger partial charge is 0.369 e. The van der Waals surface area contributed by atoms with E-state index in [0.717, 1.165) is 25.1 Å². The number of nitro benzene ring substituents is 1. The first kappa shape index (κ1) is 13.5. The first-order valence-electron chi connectivity index (χ1n) is 6.53. The van der Waals surface area contributed by atoms with E-state index in [1.54, 1.807) is 12.1 Å². The van der Waals surface area contributed by atoms with Gasteiger partial charge in [0.1, 0.15) is 0 Å². The number of carbonyl (C=O) groups is 1. The van der Waals surface area contributed by atoms with Crippen LogP contribution in [0, 0.1) is 16.0 Å². The molecule has 5 heteroatoms. The summed E-state index contributed by atoms with van der Waals surface area (Å²) in [5, 5.41) is 10.8. The van der Waals surface area contributed by atoms with E-state index in [-0.39, 0.29) is 11.3 Å². The van der Waals surface area contributed by atoms with Gasteiger partial charge in [0.05, 0.1) is 10.5 Å². The Hall–Kier alpha value is -1.91. The summed E-state index contributed by atoms with van der Waals surface area (Å²) in [5.41, 5.74) is 0.914. The zero-order valence-electron chi connectivity index (χ0n) is 11.2. The smallest absolute Gasteiger partial charge is 0.280 e. The average molecular weight is 262 g/mol. The van der Waals surface area contributed by atoms with Gasteiger partial charge >= 0.3 is 0 Å². The highest BCUT2D eigenvalue weighted by molar-refractivity contribution is 5.83. The van der Waals surface area contributed by atoms with Crippen molar-refractivity contribution in [3.8, 4) is 0 Å². The monoisotopic (exact) mass is 262 g/mol. The van der Waals surface area contributed by atoms with Crippen LogP contribution < -0.4 is 4.90 Å². The third-order valence-electron chi connectivity index (χ3n) is 3.80. The Bertz CT molecular complexity index is 501. The standard InChI is InChI=1S/C14H18N2O3/c1-10-5-6-15(11(2)7-10)13-3-4-14(16(18)19)12(8-13)9-17/h3-4,8-11H,5-7H2,1-2H3. The highest BCUT2D eigenvalue weighted by atomic mass is 16.6. The first-order valence-corrected chi connectivity index (χ1v) is 6.53. The molecule has 1 saturated heterocycles. The highest BCUT2D eigenvalue weighted by Gasteiger charge is 2.24. The molecule has 0 spiro atoms. The summed E-state index contributed by atoms with van der Waals surface area (Å²) in [6, 6.07) is 5.17. The number of rotatable bonds is 3. The molecular weight excluding hydrogens is 244 g/mol. The highest BCUT2D eigenvalue weighted by Crippen LogP contribution is 2.30. The van der Waals surface area contributed by atoms with Crippen LogP contribution in [0.15, 0.2) is 18.2 Å². The summed E-state index contributed by atoms with van der Waals surface area (Å²) in [7, 11) is 0. The molecule has 0 radical (unpaired) electrons. The maximum absolute atomic E-state index is 11.0. The molecule has 1 heterocycles. The summed E-state index contributed by atoms with van der Waals surface area (Å²) in [6.07, 6.45) is 2.77. The minimum atomic E-state index is -0.519. The molecule has 1 fully saturated rings. The lowest BCUT2D eigenvalue weighted by molar-refractivity contribution is -0.385. The van der Waals surface area contributed by atoms with Crippen molar-refractivity contribution in [1.82, 2.24) is 0 Å². The van der Waals surface area contributed by atoms with Gasteiger partial charge in [-0.1, -0.05) is 6.92 Å². The Kier molecular flexibility index (Phi) is 3.83. The van der Waals surface area contributed by atoms with Gasteiger partial charge in [0, 0.05) is 24.3 Å². The van der Waals surface area contributed by atoms with Crippen LogP contribution in [0.2, 0.25) is 0 Å². The molecule has 1 aromatic carbocycles. The second kappa shape index (κ2) is 5.38. The molecule has 0 aliphatic carbocycles. The number of carbonyl (C=O) groups excluding carboxylic acids is 1. The zero-order chi connectivity index (χ0) is 14.0. The van der Waals surface area contributed by atoms with Gasteiger partial charge < -0.3 is 4.90 Å². The summed E-state index contributed by atoms with van der Waals surface area (Å²) in [6.45, 7) is 5.32. The Morgan fingerprint density at radius 2 is 2.16 bits per heavy atom. The Morgan fingerprint density at radius 1 is 1.42 bits per heavy atom. The van der Waals surface area contributed by atoms with Crippen LogP contribution in [0.4, 0.5) is 11.4 Å². The molecule has 0 bridgehead atoms. The summed E-state index contributed by atoms with van der Waals surface area (Å²) < 4.78 is 0. The topological polar surface area (TPSA) is 63.4 Å². The van der Waals surface area contributed by atoms with Crippen LogP contribution in [-0.4, -0.2) is 23.8 Å². The van der Waals surface area contributed by atoms with Crippen molar-refractivity contribution in [2.24, 2.45) is 5.92 Å². The fourth-order valence-electron chi connectivity index (χ4n) is 2.77. The molecule has 0 saturated carbocycles. The molecule has 19 heavy (non-hydrogen) atoms. The molecule has 1 aliphatic heterocycles. The second-order valence-electron chi connectivity index (χ2n) is 5.29. The quantitative estimate of drug-likeness (QED) is 0.477. The van der Waals surface area contributed by atoms with Crippen molar-refractivity contribution < 1.29 is 9.72 Å². The van der Waals surface area contributed by atoms with Crippen molar-refractivity contribution in [2.75, 3.05) is 11.4 Å². The number of hydrogen-bond acceptors (Lipinski definition) is 4. The molecule has 0 amide bonds. The third-order valence-corrected chi connectivity index (χ3v) is 3.80. The van der Waals surface area contributed by atoms with E-state index in [0.29, 0.717) is 18.2 Å². The number of anilines is 1. The van der Waals surface area contributed by atoms with Crippen molar-refractivity contribution in [3.63, 3.8) is 0 Å². The van der Waals surface area contributed by atoms with Crippen LogP contribution in [-0.2, 0) is 0 Å². The third kappa shape index (κ3) is 2.75. The van der Waals surface area contributed by atoms with Crippen molar-refractivity contribution in [3.05, 3.63) is 33.9 Å². The molecule has 0 N–H and O–H groups in total. The van der Waals surface area contributed by atoms with Gasteiger partial charge in [0.2, 0.25) is 0 Å². The van der Waals surface area contributed by atoms with Crippen LogP contribution in [0.25, 0.3) is 0 Å². The molecule has 102 valence electrons. The molecule has 1 aromatic rings. The van der Waals surface area contributed by atoms with Gasteiger partial charge in [0.15, 0.2) is 6.29 Å². The number of piperidine rings is 1. The number of nitro groups is 1. The normalized spacial score (nSPS) is 23.2. The van der Waals surface area contributed by atoms with E-state index in [2.05, 4.69) is 18.7 Å². The average Bonchev–Trinajstić information content (AvgIpc) is 2.37. The van der Waals surface area contributed by atoms with Crippen LogP contribution in [0.1, 0.15) is 37.0 Å². The van der Waals surface area contributed by atoms with E-state index in [4.69, 9.17) is 0 Å². The maximum atomic E-state index is 11.0. The van der Waals surface area contributed by atoms with Gasteiger partial charge in [-0.2, -0.15) is 0 Å². The molecule has 2 rings (SSSR count). The molecule has 5 nitrogen and oxygen atoms in total. The molecule has 0 aromatic heterocycles. The van der Waals surface area contributed by atoms with Crippen molar-refractivity contribution in [1.29, 1.82) is 0 Å². The predicted molar refractivity (Wildman–Crippen MR) is 73.7 cm³/mol. The predicted octanol–water partition coefficient (Wildman–Crippen LogP) is 3.03. The maximum Gasteiger partial charge on any atom is 0.280 e. The lowest BCUT2D eigenvalue weighted by atomic mass is 9.93. The Labute approximate surface area is 112 Å². The minimum absolute atomic E-state index is 0.128. The van der Waals surface area contributed by atoms with Crippen LogP contribution in [0.3, 0.4) is 0 Å². The summed E-state index contributed by atoms with van der Waals surface area (Å²) >= 11 is 0. The van der Waals surface area contributed by atoms with Gasteiger partial charge in [-0.15, -0.1) is 0 Å². The SMILES string of the molecule is CC1CCN(c2ccc([N+](=O)[O-])c(C=O)c2)C(C)C1. The first-order chi connectivity index (χ1) is 9.02. The lowest BCUT2D eigenvalue weighted by Gasteiger charge is -2.38. The summed E-state index contributed by atoms with van der Waals surface area (Å²) in [5.74, 6) is 0.704. The Morgan fingerprint density at radius 3 is 2.74 bits per heavy atom. The fraction of sp³-hybridized carbons (Fsp3) is 0.500. The van der Waals surface area contributed by atoms with Crippen LogP contribution in [0.5, 0.6) is 0 Å². The number of nitrogens with zero attached hydrogens (tertiary/aromatic N) is 2. The van der Waals surface area contributed by atoms with Gasteiger partial charge in [-0.3, -0.25) is 14.9 Å². The molecule has 2 unspecified atom stereocenters. The van der Waals surface area contributed by atoms with Gasteiger partial charge in [-0.05, 0) is 37.8 Å². The summed E-state index contributed by atoms with van der Waals surface area (Å²) in [4.78, 5) is 23.5. The van der Waals surface area contributed by atoms with E-state index >= 15 is 0 Å². The van der Waals surface area contributed by atoms with Crippen molar-refractivity contribution in [2.45, 2.75) is 32.7 Å². The number of aldehydes is 1. The fourth-order valence-corrected chi connectivity index (χ4v) is 2.77. The number of hydrogen-bond donors (Lipinski definition) is 0. The van der Waals surface area contributed by atoms with Gasteiger partial charge in [-0.25, -0.2) is 0 Å². The molecule has 2 atom stereocenters. The van der Waals surface area contributed by atoms with E-state index in [1.807, 2.05) is 0 Å². The van der Waals surface area contributed by atoms with E-state index in [9.17, 15) is 14.9 Å². The number of benzene rings is 1. The van der Waals surface area contributed by atoms with E-state index < -0.39 is 4.92 Å². The van der Waals surface area contributed by atoms with Crippen molar-refractivity contribution >= 4 is 17.7 Å².